The molecule has 0 amide bonds. The second kappa shape index (κ2) is 5.53. The topological polar surface area (TPSA) is 12.0 Å². The third-order valence-electron chi connectivity index (χ3n) is 2.87. The van der Waals surface area contributed by atoms with Crippen molar-refractivity contribution in [2.24, 2.45) is 0 Å². The molecule has 2 aromatic rings. The molecule has 0 atom stereocenters. The Morgan fingerprint density at radius 1 is 1.11 bits per heavy atom. The summed E-state index contributed by atoms with van der Waals surface area (Å²) < 4.78 is 14.6. The van der Waals surface area contributed by atoms with Crippen LogP contribution in [0.25, 0.3) is 0 Å². The lowest BCUT2D eigenvalue weighted by molar-refractivity contribution is 0.612. The van der Waals surface area contributed by atoms with Crippen molar-refractivity contribution < 1.29 is 4.39 Å². The first-order valence-corrected chi connectivity index (χ1v) is 6.60. The smallest absolute Gasteiger partial charge is 0.128 e. The monoisotopic (exact) mass is 307 g/mol. The zero-order chi connectivity index (χ0) is 13.1. The minimum atomic E-state index is -0.166. The van der Waals surface area contributed by atoms with E-state index in [-0.39, 0.29) is 5.82 Å². The lowest BCUT2D eigenvalue weighted by Crippen LogP contribution is -2.03. The molecule has 0 aliphatic heterocycles. The van der Waals surface area contributed by atoms with Crippen molar-refractivity contribution in [1.82, 2.24) is 0 Å². The van der Waals surface area contributed by atoms with Crippen LogP contribution < -0.4 is 5.32 Å². The van der Waals surface area contributed by atoms with Crippen LogP contribution in [-0.2, 0) is 6.54 Å². The summed E-state index contributed by atoms with van der Waals surface area (Å²) in [5, 5.41) is 3.27. The highest BCUT2D eigenvalue weighted by molar-refractivity contribution is 9.10. The number of aryl methyl sites for hydroxylation is 2. The molecule has 0 aromatic heterocycles. The first kappa shape index (κ1) is 13.1. The van der Waals surface area contributed by atoms with Crippen molar-refractivity contribution in [3.8, 4) is 0 Å². The molecule has 0 spiro atoms. The average Bonchev–Trinajstić information content (AvgIpc) is 2.34. The van der Waals surface area contributed by atoms with Gasteiger partial charge in [0.15, 0.2) is 0 Å². The minimum absolute atomic E-state index is 0.166. The third kappa shape index (κ3) is 3.10. The maximum Gasteiger partial charge on any atom is 0.128 e. The molecule has 2 rings (SSSR count). The normalized spacial score (nSPS) is 10.4. The summed E-state index contributed by atoms with van der Waals surface area (Å²) in [7, 11) is 0. The van der Waals surface area contributed by atoms with Gasteiger partial charge in [0.25, 0.3) is 0 Å². The molecule has 0 bridgehead atoms. The van der Waals surface area contributed by atoms with E-state index in [0.717, 1.165) is 21.3 Å². The molecule has 2 aromatic carbocycles. The summed E-state index contributed by atoms with van der Waals surface area (Å²) in [6, 6.07) is 11.2. The number of hydrogen-bond donors (Lipinski definition) is 1. The Kier molecular flexibility index (Phi) is 4.02. The predicted molar refractivity (Wildman–Crippen MR) is 77.3 cm³/mol. The van der Waals surface area contributed by atoms with Crippen molar-refractivity contribution in [1.29, 1.82) is 0 Å². The van der Waals surface area contributed by atoms with E-state index < -0.39 is 0 Å². The maximum absolute atomic E-state index is 13.6. The second-order valence-corrected chi connectivity index (χ2v) is 5.32. The van der Waals surface area contributed by atoms with Crippen molar-refractivity contribution in [2.75, 3.05) is 5.32 Å². The summed E-state index contributed by atoms with van der Waals surface area (Å²) in [4.78, 5) is 0. The van der Waals surface area contributed by atoms with Gasteiger partial charge in [-0.05, 0) is 37.6 Å². The summed E-state index contributed by atoms with van der Waals surface area (Å²) in [6.45, 7) is 4.49. The Morgan fingerprint density at radius 3 is 2.67 bits per heavy atom. The zero-order valence-corrected chi connectivity index (χ0v) is 12.0. The summed E-state index contributed by atoms with van der Waals surface area (Å²) in [5.41, 5.74) is 3.92. The lowest BCUT2D eigenvalue weighted by atomic mass is 10.1. The van der Waals surface area contributed by atoms with Gasteiger partial charge < -0.3 is 5.32 Å². The Bertz CT molecular complexity index is 515. The molecule has 0 aliphatic carbocycles. The van der Waals surface area contributed by atoms with Crippen LogP contribution in [0.2, 0.25) is 0 Å². The van der Waals surface area contributed by atoms with Gasteiger partial charge in [0.2, 0.25) is 0 Å². The van der Waals surface area contributed by atoms with Crippen LogP contribution in [0.5, 0.6) is 0 Å². The molecule has 1 nitrogen and oxygen atoms in total. The molecule has 1 N–H and O–H groups in total. The number of anilines is 1. The highest BCUT2D eigenvalue weighted by atomic mass is 79.9. The van der Waals surface area contributed by atoms with Crippen molar-refractivity contribution in [2.45, 2.75) is 20.4 Å². The van der Waals surface area contributed by atoms with Gasteiger partial charge in [-0.2, -0.15) is 0 Å². The molecule has 0 saturated heterocycles. The molecule has 0 unspecified atom stereocenters. The molecule has 0 saturated carbocycles. The first-order chi connectivity index (χ1) is 8.56. The van der Waals surface area contributed by atoms with Gasteiger partial charge in [-0.25, -0.2) is 4.39 Å². The van der Waals surface area contributed by atoms with Crippen LogP contribution >= 0.6 is 15.9 Å². The van der Waals surface area contributed by atoms with Crippen LogP contribution in [0.3, 0.4) is 0 Å². The fourth-order valence-corrected chi connectivity index (χ4v) is 2.18. The Balaban J connectivity index is 2.16. The van der Waals surface area contributed by atoms with E-state index in [4.69, 9.17) is 0 Å². The lowest BCUT2D eigenvalue weighted by Gasteiger charge is -2.11. The van der Waals surface area contributed by atoms with E-state index >= 15 is 0 Å². The van der Waals surface area contributed by atoms with E-state index in [1.807, 2.05) is 38.1 Å². The van der Waals surface area contributed by atoms with Crippen LogP contribution in [0.15, 0.2) is 40.9 Å². The van der Waals surface area contributed by atoms with Crippen LogP contribution in [-0.4, -0.2) is 0 Å². The van der Waals surface area contributed by atoms with Gasteiger partial charge in [0.05, 0.1) is 0 Å². The molecule has 0 fully saturated rings. The van der Waals surface area contributed by atoms with E-state index in [1.165, 1.54) is 6.07 Å². The molecular weight excluding hydrogens is 293 g/mol. The maximum atomic E-state index is 13.6. The molecule has 0 radical (unpaired) electrons. The SMILES string of the molecule is Cc1ccc(F)c(CNc2cc(Br)ccc2C)c1. The molecule has 0 heterocycles. The fraction of sp³-hybridized carbons (Fsp3) is 0.200. The first-order valence-electron chi connectivity index (χ1n) is 5.81. The second-order valence-electron chi connectivity index (χ2n) is 4.41. The molecule has 18 heavy (non-hydrogen) atoms. The van der Waals surface area contributed by atoms with Gasteiger partial charge in [-0.15, -0.1) is 0 Å². The molecule has 94 valence electrons. The summed E-state index contributed by atoms with van der Waals surface area (Å²) in [6.07, 6.45) is 0. The van der Waals surface area contributed by atoms with Crippen molar-refractivity contribution in [3.63, 3.8) is 0 Å². The Labute approximate surface area is 115 Å². The minimum Gasteiger partial charge on any atom is -0.381 e. The zero-order valence-electron chi connectivity index (χ0n) is 10.4. The van der Waals surface area contributed by atoms with Crippen LogP contribution in [0.1, 0.15) is 16.7 Å². The standard InChI is InChI=1S/C15H15BrFN/c1-10-3-6-14(17)12(7-10)9-18-15-8-13(16)5-4-11(15)2/h3-8,18H,9H2,1-2H3. The predicted octanol–water partition coefficient (Wildman–Crippen LogP) is 4.82. The highest BCUT2D eigenvalue weighted by Gasteiger charge is 2.04. The summed E-state index contributed by atoms with van der Waals surface area (Å²) in [5.74, 6) is -0.166. The highest BCUT2D eigenvalue weighted by Crippen LogP contribution is 2.21. The van der Waals surface area contributed by atoms with Gasteiger partial charge in [0.1, 0.15) is 5.82 Å². The third-order valence-corrected chi connectivity index (χ3v) is 3.36. The largest absolute Gasteiger partial charge is 0.381 e. The van der Waals surface area contributed by atoms with E-state index in [0.29, 0.717) is 12.1 Å². The van der Waals surface area contributed by atoms with E-state index in [1.54, 1.807) is 6.07 Å². The van der Waals surface area contributed by atoms with Crippen LogP contribution in [0.4, 0.5) is 10.1 Å². The number of rotatable bonds is 3. The Morgan fingerprint density at radius 2 is 1.89 bits per heavy atom. The van der Waals surface area contributed by atoms with Gasteiger partial charge >= 0.3 is 0 Å². The summed E-state index contributed by atoms with van der Waals surface area (Å²) >= 11 is 3.43. The number of nitrogens with one attached hydrogen (secondary N) is 1. The number of benzene rings is 2. The average molecular weight is 308 g/mol. The number of halogens is 2. The van der Waals surface area contributed by atoms with E-state index in [2.05, 4.69) is 21.2 Å². The van der Waals surface area contributed by atoms with E-state index in [9.17, 15) is 4.39 Å². The molecule has 0 aliphatic rings. The quantitative estimate of drug-likeness (QED) is 0.857. The Hall–Kier alpha value is -1.35. The molecular formula is C15H15BrFN. The van der Waals surface area contributed by atoms with Gasteiger partial charge in [-0.3, -0.25) is 0 Å². The fourth-order valence-electron chi connectivity index (χ4n) is 1.81. The van der Waals surface area contributed by atoms with Gasteiger partial charge in [-0.1, -0.05) is 39.7 Å². The number of hydrogen-bond acceptors (Lipinski definition) is 1. The molecule has 3 heteroatoms. The van der Waals surface area contributed by atoms with Crippen LogP contribution in [0, 0.1) is 19.7 Å². The van der Waals surface area contributed by atoms with Crippen molar-refractivity contribution in [3.05, 3.63) is 63.4 Å². The van der Waals surface area contributed by atoms with Crippen molar-refractivity contribution >= 4 is 21.6 Å². The van der Waals surface area contributed by atoms with Gasteiger partial charge in [0, 0.05) is 22.3 Å².